The highest BCUT2D eigenvalue weighted by Gasteiger charge is 2.10. The molecule has 1 rings (SSSR count). The fourth-order valence-electron chi connectivity index (χ4n) is 1.97. The van der Waals surface area contributed by atoms with E-state index in [0.717, 1.165) is 30.6 Å². The third kappa shape index (κ3) is 6.33. The molecule has 0 bridgehead atoms. The summed E-state index contributed by atoms with van der Waals surface area (Å²) in [6.45, 7) is 4.35. The highest BCUT2D eigenvalue weighted by molar-refractivity contribution is 7.14. The summed E-state index contributed by atoms with van der Waals surface area (Å²) in [5.41, 5.74) is 0. The van der Waals surface area contributed by atoms with Crippen molar-refractivity contribution in [1.82, 2.24) is 0 Å². The van der Waals surface area contributed by atoms with Crippen LogP contribution in [0.4, 0.5) is 0 Å². The lowest BCUT2D eigenvalue weighted by Crippen LogP contribution is -2.00. The molecule has 0 amide bonds. The quantitative estimate of drug-likeness (QED) is 0.505. The van der Waals surface area contributed by atoms with Crippen molar-refractivity contribution in [2.75, 3.05) is 7.11 Å². The molecule has 0 aliphatic rings. The van der Waals surface area contributed by atoms with Crippen LogP contribution in [0.3, 0.4) is 0 Å². The molecule has 1 aromatic rings. The maximum absolute atomic E-state index is 12.0. The Bertz CT molecular complexity index is 435. The number of ketones is 1. The molecule has 112 valence electrons. The first-order chi connectivity index (χ1) is 9.52. The first-order valence-corrected chi connectivity index (χ1v) is 8.03. The summed E-state index contributed by atoms with van der Waals surface area (Å²) in [5.74, 6) is 0.724. The summed E-state index contributed by atoms with van der Waals surface area (Å²) in [6.07, 6.45) is 4.74. The average molecular weight is 296 g/mol. The van der Waals surface area contributed by atoms with Gasteiger partial charge in [0.25, 0.3) is 0 Å². The van der Waals surface area contributed by atoms with Gasteiger partial charge in [-0.2, -0.15) is 0 Å². The Hall–Kier alpha value is -1.16. The zero-order valence-corrected chi connectivity index (χ0v) is 13.4. The predicted octanol–water partition coefficient (Wildman–Crippen LogP) is 4.25. The Morgan fingerprint density at radius 3 is 2.60 bits per heavy atom. The Morgan fingerprint density at radius 2 is 1.95 bits per heavy atom. The summed E-state index contributed by atoms with van der Waals surface area (Å²) in [4.78, 5) is 25.0. The molecule has 0 saturated heterocycles. The second-order valence-electron chi connectivity index (χ2n) is 5.40. The van der Waals surface area contributed by atoms with Crippen LogP contribution in [0.5, 0.6) is 0 Å². The second kappa shape index (κ2) is 8.90. The van der Waals surface area contributed by atoms with Crippen molar-refractivity contribution in [2.45, 2.75) is 52.4 Å². The number of carbonyl (C=O) groups excluding carboxylic acids is 2. The highest BCUT2D eigenvalue weighted by atomic mass is 32.1. The zero-order chi connectivity index (χ0) is 15.0. The minimum absolute atomic E-state index is 0.174. The third-order valence-corrected chi connectivity index (χ3v) is 4.34. The summed E-state index contributed by atoms with van der Waals surface area (Å²) in [7, 11) is 1.40. The molecule has 0 atom stereocenters. The van der Waals surface area contributed by atoms with Gasteiger partial charge in [-0.25, -0.2) is 0 Å². The first-order valence-electron chi connectivity index (χ1n) is 7.21. The van der Waals surface area contributed by atoms with Crippen molar-refractivity contribution in [1.29, 1.82) is 0 Å². The molecule has 0 N–H and O–H groups in total. The van der Waals surface area contributed by atoms with Gasteiger partial charge in [-0.15, -0.1) is 11.3 Å². The molecule has 0 fully saturated rings. The number of ether oxygens (including phenoxy) is 1. The Balaban J connectivity index is 2.34. The third-order valence-electron chi connectivity index (χ3n) is 3.15. The SMILES string of the molecule is COC(=O)CCCc1ccc(C(=O)CCCC(C)C)s1. The molecular formula is C16H24O3S. The number of carbonyl (C=O) groups is 2. The lowest BCUT2D eigenvalue weighted by molar-refractivity contribution is -0.140. The van der Waals surface area contributed by atoms with Gasteiger partial charge in [0.2, 0.25) is 0 Å². The van der Waals surface area contributed by atoms with Crippen molar-refractivity contribution >= 4 is 23.1 Å². The van der Waals surface area contributed by atoms with Crippen LogP contribution < -0.4 is 0 Å². The Labute approximate surface area is 125 Å². The van der Waals surface area contributed by atoms with E-state index in [1.165, 1.54) is 12.0 Å². The van der Waals surface area contributed by atoms with Crippen molar-refractivity contribution in [3.63, 3.8) is 0 Å². The molecule has 0 radical (unpaired) electrons. The van der Waals surface area contributed by atoms with Crippen LogP contribution >= 0.6 is 11.3 Å². The van der Waals surface area contributed by atoms with E-state index in [1.807, 2.05) is 12.1 Å². The fourth-order valence-corrected chi connectivity index (χ4v) is 2.98. The number of methoxy groups -OCH3 is 1. The molecule has 3 nitrogen and oxygen atoms in total. The molecule has 1 heterocycles. The van der Waals surface area contributed by atoms with Crippen LogP contribution in [0.15, 0.2) is 12.1 Å². The summed E-state index contributed by atoms with van der Waals surface area (Å²) in [5, 5.41) is 0. The lowest BCUT2D eigenvalue weighted by Gasteiger charge is -2.02. The molecule has 4 heteroatoms. The van der Waals surface area contributed by atoms with Crippen molar-refractivity contribution in [3.8, 4) is 0 Å². The Kier molecular flexibility index (Phi) is 7.52. The minimum Gasteiger partial charge on any atom is -0.469 e. The number of rotatable bonds is 9. The maximum Gasteiger partial charge on any atom is 0.305 e. The van der Waals surface area contributed by atoms with Gasteiger partial charge in [0.15, 0.2) is 5.78 Å². The van der Waals surface area contributed by atoms with E-state index in [2.05, 4.69) is 18.6 Å². The van der Waals surface area contributed by atoms with Crippen LogP contribution in [0.2, 0.25) is 0 Å². The van der Waals surface area contributed by atoms with Crippen LogP contribution in [0.1, 0.15) is 60.5 Å². The molecule has 20 heavy (non-hydrogen) atoms. The van der Waals surface area contributed by atoms with Crippen LogP contribution in [-0.4, -0.2) is 18.9 Å². The molecule has 0 unspecified atom stereocenters. The van der Waals surface area contributed by atoms with E-state index >= 15 is 0 Å². The number of Topliss-reactive ketones (excluding diaryl/α,β-unsaturated/α-hetero) is 1. The smallest absolute Gasteiger partial charge is 0.305 e. The standard InChI is InChI=1S/C16H24O3S/c1-12(2)6-4-8-14(17)15-11-10-13(20-15)7-5-9-16(18)19-3/h10-12H,4-9H2,1-3H3. The van der Waals surface area contributed by atoms with Crippen LogP contribution in [0.25, 0.3) is 0 Å². The second-order valence-corrected chi connectivity index (χ2v) is 6.57. The van der Waals surface area contributed by atoms with E-state index in [0.29, 0.717) is 18.8 Å². The fraction of sp³-hybridized carbons (Fsp3) is 0.625. The number of hydrogen-bond acceptors (Lipinski definition) is 4. The van der Waals surface area contributed by atoms with Crippen molar-refractivity contribution in [3.05, 3.63) is 21.9 Å². The number of aryl methyl sites for hydroxylation is 1. The molecular weight excluding hydrogens is 272 g/mol. The van der Waals surface area contributed by atoms with Crippen LogP contribution in [0, 0.1) is 5.92 Å². The minimum atomic E-state index is -0.174. The Morgan fingerprint density at radius 1 is 1.20 bits per heavy atom. The number of thiophene rings is 1. The van der Waals surface area contributed by atoms with Crippen LogP contribution in [-0.2, 0) is 16.0 Å². The van der Waals surface area contributed by atoms with Gasteiger partial charge in [-0.05, 0) is 37.3 Å². The lowest BCUT2D eigenvalue weighted by atomic mass is 10.0. The van der Waals surface area contributed by atoms with Gasteiger partial charge in [-0.3, -0.25) is 9.59 Å². The normalized spacial score (nSPS) is 10.8. The van der Waals surface area contributed by atoms with Crippen molar-refractivity contribution < 1.29 is 14.3 Å². The first kappa shape index (κ1) is 16.9. The average Bonchev–Trinajstić information content (AvgIpc) is 2.86. The predicted molar refractivity (Wildman–Crippen MR) is 82.3 cm³/mol. The molecule has 0 aliphatic heterocycles. The van der Waals surface area contributed by atoms with Gasteiger partial charge in [0.05, 0.1) is 12.0 Å². The van der Waals surface area contributed by atoms with Gasteiger partial charge < -0.3 is 4.74 Å². The summed E-state index contributed by atoms with van der Waals surface area (Å²) in [6, 6.07) is 3.91. The topological polar surface area (TPSA) is 43.4 Å². The zero-order valence-electron chi connectivity index (χ0n) is 12.6. The highest BCUT2D eigenvalue weighted by Crippen LogP contribution is 2.21. The van der Waals surface area contributed by atoms with Gasteiger partial charge >= 0.3 is 5.97 Å². The number of esters is 1. The molecule has 1 aromatic heterocycles. The van der Waals surface area contributed by atoms with Gasteiger partial charge in [0.1, 0.15) is 0 Å². The largest absolute Gasteiger partial charge is 0.469 e. The van der Waals surface area contributed by atoms with E-state index < -0.39 is 0 Å². The monoisotopic (exact) mass is 296 g/mol. The summed E-state index contributed by atoms with van der Waals surface area (Å²) < 4.78 is 4.61. The maximum atomic E-state index is 12.0. The van der Waals surface area contributed by atoms with Crippen molar-refractivity contribution in [2.24, 2.45) is 5.92 Å². The molecule has 0 saturated carbocycles. The van der Waals surface area contributed by atoms with Gasteiger partial charge in [-0.1, -0.05) is 20.3 Å². The number of hydrogen-bond donors (Lipinski definition) is 0. The molecule has 0 spiro atoms. The molecule has 0 aliphatic carbocycles. The van der Waals surface area contributed by atoms with E-state index in [9.17, 15) is 9.59 Å². The van der Waals surface area contributed by atoms with E-state index in [-0.39, 0.29) is 11.8 Å². The summed E-state index contributed by atoms with van der Waals surface area (Å²) >= 11 is 1.56. The van der Waals surface area contributed by atoms with E-state index in [4.69, 9.17) is 0 Å². The van der Waals surface area contributed by atoms with E-state index in [1.54, 1.807) is 11.3 Å². The van der Waals surface area contributed by atoms with Gasteiger partial charge in [0, 0.05) is 17.7 Å². The molecule has 0 aromatic carbocycles.